The van der Waals surface area contributed by atoms with Gasteiger partial charge in [-0.25, -0.2) is 19.9 Å². The minimum absolute atomic E-state index is 0.0191. The van der Waals surface area contributed by atoms with Crippen LogP contribution < -0.4 is 0 Å². The van der Waals surface area contributed by atoms with Gasteiger partial charge in [-0.05, 0) is 39.7 Å². The van der Waals surface area contributed by atoms with Gasteiger partial charge in [0.15, 0.2) is 0 Å². The number of carbonyl (C=O) groups is 1. The molecule has 0 aromatic carbocycles. The van der Waals surface area contributed by atoms with Crippen molar-refractivity contribution in [3.05, 3.63) is 53.3 Å². The molecule has 8 heteroatoms. The van der Waals surface area contributed by atoms with Gasteiger partial charge in [0.1, 0.15) is 17.9 Å². The summed E-state index contributed by atoms with van der Waals surface area (Å²) in [6.45, 7) is 7.08. The molecule has 4 heterocycles. The number of likely N-dealkylation sites (tertiary alicyclic amines) is 1. The second-order valence-electron chi connectivity index (χ2n) is 7.12. The smallest absolute Gasteiger partial charge is 0.256 e. The fourth-order valence-corrected chi connectivity index (χ4v) is 3.75. The number of carbonyl (C=O) groups excluding carboxylic acids is 1. The lowest BCUT2D eigenvalue weighted by atomic mass is 9.92. The van der Waals surface area contributed by atoms with Gasteiger partial charge in [-0.2, -0.15) is 0 Å². The van der Waals surface area contributed by atoms with Gasteiger partial charge in [-0.3, -0.25) is 4.79 Å². The van der Waals surface area contributed by atoms with E-state index in [-0.39, 0.29) is 11.8 Å². The lowest BCUT2D eigenvalue weighted by molar-refractivity contribution is 0.0711. The molecule has 28 heavy (non-hydrogen) atoms. The van der Waals surface area contributed by atoms with E-state index < -0.39 is 0 Å². The van der Waals surface area contributed by atoms with E-state index in [1.165, 1.54) is 6.33 Å². The highest BCUT2D eigenvalue weighted by Gasteiger charge is 2.26. The van der Waals surface area contributed by atoms with Crippen molar-refractivity contribution in [1.82, 2.24) is 30.0 Å². The highest BCUT2D eigenvalue weighted by Crippen LogP contribution is 2.31. The van der Waals surface area contributed by atoms with Gasteiger partial charge < -0.3 is 9.42 Å². The van der Waals surface area contributed by atoms with Crippen LogP contribution in [0.15, 0.2) is 29.3 Å². The van der Waals surface area contributed by atoms with E-state index in [2.05, 4.69) is 25.1 Å². The lowest BCUT2D eigenvalue weighted by Crippen LogP contribution is -2.38. The molecule has 8 nitrogen and oxygen atoms in total. The lowest BCUT2D eigenvalue weighted by Gasteiger charge is -2.31. The average Bonchev–Trinajstić information content (AvgIpc) is 3.06. The monoisotopic (exact) mass is 378 g/mol. The third-order valence-corrected chi connectivity index (χ3v) is 5.16. The summed E-state index contributed by atoms with van der Waals surface area (Å²) in [5.74, 6) is 1.76. The first-order chi connectivity index (χ1) is 13.5. The van der Waals surface area contributed by atoms with Crippen LogP contribution in [0.2, 0.25) is 0 Å². The summed E-state index contributed by atoms with van der Waals surface area (Å²) in [7, 11) is 0. The second kappa shape index (κ2) is 7.46. The molecule has 4 rings (SSSR count). The molecule has 1 fully saturated rings. The summed E-state index contributed by atoms with van der Waals surface area (Å²) in [6, 6.07) is 2.03. The van der Waals surface area contributed by atoms with E-state index in [4.69, 9.17) is 4.52 Å². The molecule has 3 aromatic heterocycles. The van der Waals surface area contributed by atoms with Crippen LogP contribution in [-0.4, -0.2) is 49.0 Å². The summed E-state index contributed by atoms with van der Waals surface area (Å²) >= 11 is 0. The Balaban J connectivity index is 1.51. The van der Waals surface area contributed by atoms with Gasteiger partial charge in [0, 0.05) is 37.1 Å². The minimum atomic E-state index is -0.0191. The maximum Gasteiger partial charge on any atom is 0.256 e. The number of amides is 1. The van der Waals surface area contributed by atoms with Crippen LogP contribution in [0.3, 0.4) is 0 Å². The predicted octanol–water partition coefficient (Wildman–Crippen LogP) is 2.87. The number of piperidine rings is 1. The molecule has 0 spiro atoms. The Hall–Kier alpha value is -3.16. The van der Waals surface area contributed by atoms with Gasteiger partial charge in [-0.1, -0.05) is 5.16 Å². The van der Waals surface area contributed by atoms with Crippen molar-refractivity contribution in [2.75, 3.05) is 13.1 Å². The summed E-state index contributed by atoms with van der Waals surface area (Å²) in [4.78, 5) is 31.6. The number of rotatable bonds is 3. The van der Waals surface area contributed by atoms with Crippen LogP contribution in [0, 0.1) is 20.8 Å². The first kappa shape index (κ1) is 18.2. The first-order valence-electron chi connectivity index (χ1n) is 9.36. The third kappa shape index (κ3) is 3.49. The molecule has 1 aliphatic rings. The van der Waals surface area contributed by atoms with Gasteiger partial charge in [0.05, 0.1) is 22.5 Å². The van der Waals surface area contributed by atoms with Crippen molar-refractivity contribution in [3.8, 4) is 11.3 Å². The van der Waals surface area contributed by atoms with Crippen molar-refractivity contribution in [1.29, 1.82) is 0 Å². The number of hydrogen-bond donors (Lipinski definition) is 0. The van der Waals surface area contributed by atoms with Gasteiger partial charge in [0.25, 0.3) is 5.91 Å². The molecule has 0 N–H and O–H groups in total. The number of aromatic nitrogens is 5. The van der Waals surface area contributed by atoms with Crippen molar-refractivity contribution >= 4 is 5.91 Å². The maximum absolute atomic E-state index is 12.6. The zero-order valence-electron chi connectivity index (χ0n) is 16.2. The standard InChI is InChI=1S/C20H22N6O2/c1-12-19(13(2)28-25-12)18-8-17(23-14(3)24-18)15-4-6-26(7-5-15)20(27)16-9-21-11-22-10-16/h8-11,15H,4-7H2,1-3H3. The van der Waals surface area contributed by atoms with Gasteiger partial charge >= 0.3 is 0 Å². The zero-order valence-corrected chi connectivity index (χ0v) is 16.2. The average molecular weight is 378 g/mol. The van der Waals surface area contributed by atoms with E-state index >= 15 is 0 Å². The molecule has 0 bridgehead atoms. The highest BCUT2D eigenvalue weighted by molar-refractivity contribution is 5.93. The molecule has 0 unspecified atom stereocenters. The molecule has 144 valence electrons. The summed E-state index contributed by atoms with van der Waals surface area (Å²) in [5, 5.41) is 4.03. The first-order valence-corrected chi connectivity index (χ1v) is 9.36. The van der Waals surface area contributed by atoms with Gasteiger partial charge in [-0.15, -0.1) is 0 Å². The van der Waals surface area contributed by atoms with Crippen LogP contribution >= 0.6 is 0 Å². The van der Waals surface area contributed by atoms with E-state index in [9.17, 15) is 4.79 Å². The van der Waals surface area contributed by atoms with Crippen LogP contribution in [0.5, 0.6) is 0 Å². The molecule has 1 saturated heterocycles. The van der Waals surface area contributed by atoms with Crippen LogP contribution in [0.25, 0.3) is 11.3 Å². The van der Waals surface area contributed by atoms with E-state index in [1.54, 1.807) is 12.4 Å². The maximum atomic E-state index is 12.6. The Morgan fingerprint density at radius 2 is 1.82 bits per heavy atom. The van der Waals surface area contributed by atoms with Crippen molar-refractivity contribution in [2.24, 2.45) is 0 Å². The van der Waals surface area contributed by atoms with Crippen LogP contribution in [0.1, 0.15) is 52.1 Å². The van der Waals surface area contributed by atoms with Crippen LogP contribution in [0.4, 0.5) is 0 Å². The largest absolute Gasteiger partial charge is 0.361 e. The minimum Gasteiger partial charge on any atom is -0.361 e. The molecular weight excluding hydrogens is 356 g/mol. The molecule has 0 aliphatic carbocycles. The van der Waals surface area contributed by atoms with Crippen LogP contribution in [-0.2, 0) is 0 Å². The Bertz CT molecular complexity index is 974. The summed E-state index contributed by atoms with van der Waals surface area (Å²) < 4.78 is 5.29. The van der Waals surface area contributed by atoms with Gasteiger partial charge in [0.2, 0.25) is 0 Å². The number of hydrogen-bond acceptors (Lipinski definition) is 7. The van der Waals surface area contributed by atoms with Crippen molar-refractivity contribution < 1.29 is 9.32 Å². The Morgan fingerprint density at radius 3 is 2.46 bits per heavy atom. The second-order valence-corrected chi connectivity index (χ2v) is 7.12. The van der Waals surface area contributed by atoms with E-state index in [0.717, 1.165) is 47.1 Å². The quantitative estimate of drug-likeness (QED) is 0.691. The molecular formula is C20H22N6O2. The molecule has 3 aromatic rings. The fourth-order valence-electron chi connectivity index (χ4n) is 3.75. The zero-order chi connectivity index (χ0) is 19.7. The summed E-state index contributed by atoms with van der Waals surface area (Å²) in [6.07, 6.45) is 6.26. The Labute approximate surface area is 163 Å². The van der Waals surface area contributed by atoms with E-state index in [0.29, 0.717) is 18.7 Å². The highest BCUT2D eigenvalue weighted by atomic mass is 16.5. The Morgan fingerprint density at radius 1 is 1.11 bits per heavy atom. The fraction of sp³-hybridized carbons (Fsp3) is 0.400. The molecule has 1 aliphatic heterocycles. The van der Waals surface area contributed by atoms with Crippen molar-refractivity contribution in [2.45, 2.75) is 39.5 Å². The predicted molar refractivity (Wildman–Crippen MR) is 102 cm³/mol. The topological polar surface area (TPSA) is 97.9 Å². The number of aryl methyl sites for hydroxylation is 3. The van der Waals surface area contributed by atoms with Crippen molar-refractivity contribution in [3.63, 3.8) is 0 Å². The SMILES string of the molecule is Cc1nc(-c2c(C)noc2C)cc(C2CCN(C(=O)c3cncnc3)CC2)n1. The van der Waals surface area contributed by atoms with E-state index in [1.807, 2.05) is 31.7 Å². The molecule has 0 radical (unpaired) electrons. The molecule has 0 saturated carbocycles. The normalized spacial score (nSPS) is 15.0. The summed E-state index contributed by atoms with van der Waals surface area (Å²) in [5.41, 5.74) is 4.14. The number of nitrogens with zero attached hydrogens (tertiary/aromatic N) is 6. The Kier molecular flexibility index (Phi) is 4.85. The molecule has 0 atom stereocenters. The third-order valence-electron chi connectivity index (χ3n) is 5.16. The molecule has 1 amide bonds.